The summed E-state index contributed by atoms with van der Waals surface area (Å²) in [6, 6.07) is 25.5. The molecule has 0 aliphatic carbocycles. The number of thiol groups is 1. The van der Waals surface area contributed by atoms with Crippen molar-refractivity contribution in [2.75, 3.05) is 0 Å². The number of rotatable bonds is 4. The second-order valence-electron chi connectivity index (χ2n) is 8.49. The van der Waals surface area contributed by atoms with Crippen LogP contribution >= 0.6 is 40.3 Å². The Hall–Kier alpha value is -4.20. The lowest BCUT2D eigenvalue weighted by Gasteiger charge is -2.06. The topological polar surface area (TPSA) is 144 Å². The van der Waals surface area contributed by atoms with Gasteiger partial charge in [0.2, 0.25) is 0 Å². The van der Waals surface area contributed by atoms with Gasteiger partial charge < -0.3 is 10.6 Å². The lowest BCUT2D eigenvalue weighted by molar-refractivity contribution is -0.385. The van der Waals surface area contributed by atoms with E-state index in [0.717, 1.165) is 19.2 Å². The molecule has 0 unspecified atom stereocenters. The fourth-order valence-corrected chi connectivity index (χ4v) is 5.66. The van der Waals surface area contributed by atoms with Crippen molar-refractivity contribution >= 4 is 63.5 Å². The maximum atomic E-state index is 11.8. The first kappa shape index (κ1) is 29.8. The maximum Gasteiger partial charge on any atom is 0.282 e. The van der Waals surface area contributed by atoms with E-state index in [0.29, 0.717) is 24.2 Å². The zero-order chi connectivity index (χ0) is 29.5. The lowest BCUT2D eigenvalue weighted by Crippen LogP contribution is -2.13. The highest BCUT2D eigenvalue weighted by Gasteiger charge is 2.31. The Morgan fingerprint density at radius 2 is 1.20 bits per heavy atom. The van der Waals surface area contributed by atoms with Gasteiger partial charge in [-0.1, -0.05) is 64.1 Å². The Morgan fingerprint density at radius 1 is 0.707 bits per heavy atom. The average molecular weight is 654 g/mol. The van der Waals surface area contributed by atoms with Gasteiger partial charge in [0, 0.05) is 55.5 Å². The first-order valence-electron chi connectivity index (χ1n) is 12.0. The molecule has 6 rings (SSSR count). The van der Waals surface area contributed by atoms with Crippen molar-refractivity contribution in [3.63, 3.8) is 0 Å². The molecule has 0 aromatic heterocycles. The van der Waals surface area contributed by atoms with Crippen LogP contribution in [0.5, 0.6) is 0 Å². The standard InChI is InChI=1S/C14H10N2O3S.C8H5BrN2O3.C6H6S/c17-14-13-10(8-15-14)12(7-6-11(13)16(18)19)20-9-4-2-1-3-5-9;9-5-1-2-6(11(13)14)7-4(5)3-10-8(7)12;7-6-4-2-1-3-5-6/h1-7H,8H2,(H,15,17);1-2H,3H2,(H,10,12);1-5,7H. The first-order chi connectivity index (χ1) is 19.7. The summed E-state index contributed by atoms with van der Waals surface area (Å²) in [5.74, 6) is -0.754. The van der Waals surface area contributed by atoms with E-state index >= 15 is 0 Å². The van der Waals surface area contributed by atoms with Crippen molar-refractivity contribution in [2.24, 2.45) is 0 Å². The SMILES string of the molecule is O=C1NCc2c(Br)ccc([N+](=O)[O-])c21.O=C1NCc2c(Sc3ccccc3)ccc([N+](=O)[O-])c21.Sc1ccccc1. The summed E-state index contributed by atoms with van der Waals surface area (Å²) in [5, 5.41) is 26.8. The molecule has 2 aliphatic rings. The number of hydrogen-bond acceptors (Lipinski definition) is 8. The van der Waals surface area contributed by atoms with Crippen molar-refractivity contribution in [3.05, 3.63) is 132 Å². The van der Waals surface area contributed by atoms with E-state index in [2.05, 4.69) is 39.2 Å². The van der Waals surface area contributed by atoms with Crippen molar-refractivity contribution in [3.8, 4) is 0 Å². The third kappa shape index (κ3) is 7.12. The number of nitrogens with zero attached hydrogens (tertiary/aromatic N) is 2. The van der Waals surface area contributed by atoms with Crippen molar-refractivity contribution in [2.45, 2.75) is 27.8 Å². The van der Waals surface area contributed by atoms with E-state index in [1.54, 1.807) is 12.1 Å². The first-order valence-corrected chi connectivity index (χ1v) is 14.0. The third-order valence-electron chi connectivity index (χ3n) is 5.91. The summed E-state index contributed by atoms with van der Waals surface area (Å²) in [5.41, 5.74) is 1.45. The zero-order valence-corrected chi connectivity index (χ0v) is 24.4. The second kappa shape index (κ2) is 13.4. The molecule has 2 N–H and O–H groups in total. The molecule has 2 amide bonds. The molecular weight excluding hydrogens is 632 g/mol. The summed E-state index contributed by atoms with van der Waals surface area (Å²) >= 11 is 8.83. The predicted octanol–water partition coefficient (Wildman–Crippen LogP) is 6.57. The summed E-state index contributed by atoms with van der Waals surface area (Å²) in [4.78, 5) is 46.6. The average Bonchev–Trinajstić information content (AvgIpc) is 3.54. The molecule has 2 aliphatic heterocycles. The van der Waals surface area contributed by atoms with Crippen LogP contribution in [0.1, 0.15) is 31.8 Å². The highest BCUT2D eigenvalue weighted by molar-refractivity contribution is 9.10. The van der Waals surface area contributed by atoms with Crippen LogP contribution in [0, 0.1) is 20.2 Å². The molecule has 41 heavy (non-hydrogen) atoms. The number of benzene rings is 4. The van der Waals surface area contributed by atoms with E-state index in [1.807, 2.05) is 60.7 Å². The molecule has 4 aromatic carbocycles. The Balaban J connectivity index is 0.000000159. The number of nitrogens with one attached hydrogen (secondary N) is 2. The predicted molar refractivity (Wildman–Crippen MR) is 160 cm³/mol. The monoisotopic (exact) mass is 652 g/mol. The summed E-state index contributed by atoms with van der Waals surface area (Å²) in [6.07, 6.45) is 0. The van der Waals surface area contributed by atoms with Crippen molar-refractivity contribution in [1.29, 1.82) is 0 Å². The van der Waals surface area contributed by atoms with Gasteiger partial charge in [-0.3, -0.25) is 29.8 Å². The number of carbonyl (C=O) groups excluding carboxylic acids is 2. The molecule has 4 aromatic rings. The molecule has 10 nitrogen and oxygen atoms in total. The van der Waals surface area contributed by atoms with Gasteiger partial charge in [-0.2, -0.15) is 0 Å². The Kier molecular flexibility index (Phi) is 9.76. The van der Waals surface area contributed by atoms with Crippen LogP contribution in [-0.4, -0.2) is 21.7 Å². The van der Waals surface area contributed by atoms with Gasteiger partial charge >= 0.3 is 0 Å². The van der Waals surface area contributed by atoms with E-state index < -0.39 is 9.85 Å². The van der Waals surface area contributed by atoms with Crippen molar-refractivity contribution < 1.29 is 19.4 Å². The van der Waals surface area contributed by atoms with Crippen LogP contribution in [-0.2, 0) is 13.1 Å². The van der Waals surface area contributed by atoms with Gasteiger partial charge in [0.15, 0.2) is 0 Å². The van der Waals surface area contributed by atoms with E-state index in [1.165, 1.54) is 23.9 Å². The quantitative estimate of drug-likeness (QED) is 0.128. The van der Waals surface area contributed by atoms with Crippen LogP contribution in [0.3, 0.4) is 0 Å². The van der Waals surface area contributed by atoms with Crippen LogP contribution in [0.2, 0.25) is 0 Å². The number of amides is 2. The zero-order valence-electron chi connectivity index (χ0n) is 21.1. The molecule has 208 valence electrons. The number of nitro groups is 2. The minimum Gasteiger partial charge on any atom is -0.348 e. The molecule has 0 saturated carbocycles. The van der Waals surface area contributed by atoms with Gasteiger partial charge in [-0.05, 0) is 36.4 Å². The summed E-state index contributed by atoms with van der Waals surface area (Å²) < 4.78 is 0.719. The van der Waals surface area contributed by atoms with Crippen LogP contribution < -0.4 is 10.6 Å². The Labute approximate surface area is 252 Å². The highest BCUT2D eigenvalue weighted by atomic mass is 79.9. The molecule has 0 fully saturated rings. The maximum absolute atomic E-state index is 11.8. The van der Waals surface area contributed by atoms with Crippen LogP contribution in [0.15, 0.2) is 104 Å². The molecule has 0 atom stereocenters. The van der Waals surface area contributed by atoms with Crippen LogP contribution in [0.25, 0.3) is 0 Å². The van der Waals surface area contributed by atoms with Gasteiger partial charge in [0.05, 0.1) is 9.85 Å². The van der Waals surface area contributed by atoms with Gasteiger partial charge in [-0.25, -0.2) is 0 Å². The molecule has 2 heterocycles. The smallest absolute Gasteiger partial charge is 0.282 e. The summed E-state index contributed by atoms with van der Waals surface area (Å²) in [7, 11) is 0. The number of halogens is 1. The second-order valence-corrected chi connectivity index (χ2v) is 11.0. The molecular formula is C28H21BrN4O6S2. The fraction of sp³-hybridized carbons (Fsp3) is 0.0714. The molecule has 0 spiro atoms. The highest BCUT2D eigenvalue weighted by Crippen LogP contribution is 2.37. The third-order valence-corrected chi connectivity index (χ3v) is 8.06. The van der Waals surface area contributed by atoms with E-state index in [4.69, 9.17) is 0 Å². The minimum atomic E-state index is -0.545. The van der Waals surface area contributed by atoms with Gasteiger partial charge in [-0.15, -0.1) is 12.6 Å². The number of fused-ring (bicyclic) bond motifs is 2. The van der Waals surface area contributed by atoms with Gasteiger partial charge in [0.25, 0.3) is 23.2 Å². The van der Waals surface area contributed by atoms with Crippen molar-refractivity contribution in [1.82, 2.24) is 10.6 Å². The van der Waals surface area contributed by atoms with E-state index in [-0.39, 0.29) is 34.3 Å². The number of carbonyl (C=O) groups is 2. The molecule has 0 saturated heterocycles. The lowest BCUT2D eigenvalue weighted by atomic mass is 10.1. The van der Waals surface area contributed by atoms with Crippen LogP contribution in [0.4, 0.5) is 11.4 Å². The van der Waals surface area contributed by atoms with Gasteiger partial charge in [0.1, 0.15) is 11.1 Å². The number of hydrogen-bond donors (Lipinski definition) is 3. The number of nitro benzene ring substituents is 2. The Morgan fingerprint density at radius 3 is 1.71 bits per heavy atom. The minimum absolute atomic E-state index is 0.132. The van der Waals surface area contributed by atoms with E-state index in [9.17, 15) is 29.8 Å². The molecule has 0 bridgehead atoms. The largest absolute Gasteiger partial charge is 0.348 e. The summed E-state index contributed by atoms with van der Waals surface area (Å²) in [6.45, 7) is 0.682. The normalized spacial score (nSPS) is 12.4. The molecule has 13 heteroatoms. The molecule has 0 radical (unpaired) electrons. The fourth-order valence-electron chi connectivity index (χ4n) is 4.04. The Bertz CT molecular complexity index is 1640.